The van der Waals surface area contributed by atoms with E-state index in [1.807, 2.05) is 6.07 Å². The normalized spacial score (nSPS) is 11.2. The number of benzene rings is 3. The summed E-state index contributed by atoms with van der Waals surface area (Å²) in [6.45, 7) is -0.467. The SMILES string of the molecule is COc1ccc(S(=O)(=O)N(CC(=O)N/N=C\c2cc(Br)ccc2OC)c2ccccc2)cc1. The number of carbonyl (C=O) groups excluding carboxylic acids is 1. The predicted octanol–water partition coefficient (Wildman–Crippen LogP) is 3.81. The van der Waals surface area contributed by atoms with E-state index >= 15 is 0 Å². The number of ether oxygens (including phenoxy) is 2. The van der Waals surface area contributed by atoms with Crippen molar-refractivity contribution in [3.8, 4) is 11.5 Å². The Hall–Kier alpha value is -3.37. The molecule has 0 radical (unpaired) electrons. The molecule has 0 aliphatic heterocycles. The van der Waals surface area contributed by atoms with Crippen LogP contribution in [-0.4, -0.2) is 41.3 Å². The van der Waals surface area contributed by atoms with Gasteiger partial charge in [0.25, 0.3) is 15.9 Å². The zero-order chi connectivity index (χ0) is 23.8. The van der Waals surface area contributed by atoms with Crippen molar-refractivity contribution in [3.05, 3.63) is 82.8 Å². The highest BCUT2D eigenvalue weighted by molar-refractivity contribution is 9.10. The van der Waals surface area contributed by atoms with E-state index < -0.39 is 22.5 Å². The highest BCUT2D eigenvalue weighted by Gasteiger charge is 2.27. The fourth-order valence-corrected chi connectivity index (χ4v) is 4.73. The van der Waals surface area contributed by atoms with Crippen LogP contribution in [0, 0.1) is 0 Å². The van der Waals surface area contributed by atoms with Crippen molar-refractivity contribution in [1.29, 1.82) is 0 Å². The van der Waals surface area contributed by atoms with Crippen LogP contribution < -0.4 is 19.2 Å². The number of methoxy groups -OCH3 is 2. The second-order valence-electron chi connectivity index (χ2n) is 6.70. The molecule has 3 aromatic carbocycles. The summed E-state index contributed by atoms with van der Waals surface area (Å²) < 4.78 is 38.9. The van der Waals surface area contributed by atoms with Gasteiger partial charge in [0, 0.05) is 10.0 Å². The Bertz CT molecular complexity index is 1230. The van der Waals surface area contributed by atoms with Gasteiger partial charge in [-0.3, -0.25) is 9.10 Å². The molecule has 0 saturated carbocycles. The summed E-state index contributed by atoms with van der Waals surface area (Å²) in [5.74, 6) is 0.487. The Morgan fingerprint density at radius 2 is 1.73 bits per heavy atom. The average Bonchev–Trinajstić information content (AvgIpc) is 2.83. The zero-order valence-corrected chi connectivity index (χ0v) is 20.3. The van der Waals surface area contributed by atoms with E-state index in [0.29, 0.717) is 22.7 Å². The number of rotatable bonds is 9. The van der Waals surface area contributed by atoms with Gasteiger partial charge in [-0.25, -0.2) is 13.8 Å². The summed E-state index contributed by atoms with van der Waals surface area (Å²) in [7, 11) is -1.01. The van der Waals surface area contributed by atoms with Gasteiger partial charge >= 0.3 is 0 Å². The van der Waals surface area contributed by atoms with Gasteiger partial charge < -0.3 is 9.47 Å². The van der Waals surface area contributed by atoms with Gasteiger partial charge in [0.1, 0.15) is 18.0 Å². The number of sulfonamides is 1. The quantitative estimate of drug-likeness (QED) is 0.334. The lowest BCUT2D eigenvalue weighted by atomic mass is 10.2. The van der Waals surface area contributed by atoms with Crippen LogP contribution in [0.3, 0.4) is 0 Å². The monoisotopic (exact) mass is 531 g/mol. The molecule has 0 saturated heterocycles. The maximum atomic E-state index is 13.3. The molecule has 0 unspecified atom stereocenters. The molecule has 3 aromatic rings. The van der Waals surface area contributed by atoms with Gasteiger partial charge in [-0.15, -0.1) is 0 Å². The Morgan fingerprint density at radius 1 is 1.03 bits per heavy atom. The highest BCUT2D eigenvalue weighted by atomic mass is 79.9. The second kappa shape index (κ2) is 11.0. The van der Waals surface area contributed by atoms with Crippen molar-refractivity contribution in [2.24, 2.45) is 5.10 Å². The van der Waals surface area contributed by atoms with Gasteiger partial charge in [0.2, 0.25) is 0 Å². The Kier molecular flexibility index (Phi) is 8.07. The number of halogens is 1. The number of para-hydroxylation sites is 1. The Morgan fingerprint density at radius 3 is 2.36 bits per heavy atom. The summed E-state index contributed by atoms with van der Waals surface area (Å²) in [5.41, 5.74) is 3.36. The molecule has 8 nitrogen and oxygen atoms in total. The van der Waals surface area contributed by atoms with E-state index in [-0.39, 0.29) is 4.90 Å². The van der Waals surface area contributed by atoms with E-state index in [9.17, 15) is 13.2 Å². The molecule has 0 fully saturated rings. The van der Waals surface area contributed by atoms with Gasteiger partial charge in [-0.2, -0.15) is 5.10 Å². The predicted molar refractivity (Wildman–Crippen MR) is 130 cm³/mol. The van der Waals surface area contributed by atoms with E-state index in [0.717, 1.165) is 8.78 Å². The van der Waals surface area contributed by atoms with E-state index in [1.165, 1.54) is 32.6 Å². The molecule has 0 spiro atoms. The second-order valence-corrected chi connectivity index (χ2v) is 9.48. The van der Waals surface area contributed by atoms with Crippen LogP contribution in [0.5, 0.6) is 11.5 Å². The number of hydrogen-bond donors (Lipinski definition) is 1. The molecule has 0 heterocycles. The third kappa shape index (κ3) is 6.11. The standard InChI is InChI=1S/C23H22BrN3O5S/c1-31-20-9-11-21(12-10-20)33(29,30)27(19-6-4-3-5-7-19)16-23(28)26-25-15-17-14-18(24)8-13-22(17)32-2/h3-15H,16H2,1-2H3,(H,26,28)/b25-15-. The number of amides is 1. The van der Waals surface area contributed by atoms with Gasteiger partial charge in [0.15, 0.2) is 0 Å². The number of nitrogens with zero attached hydrogens (tertiary/aromatic N) is 2. The van der Waals surface area contributed by atoms with Crippen molar-refractivity contribution in [2.75, 3.05) is 25.1 Å². The number of nitrogens with one attached hydrogen (secondary N) is 1. The van der Waals surface area contributed by atoms with Crippen molar-refractivity contribution < 1.29 is 22.7 Å². The molecule has 33 heavy (non-hydrogen) atoms. The molecule has 1 amide bonds. The summed E-state index contributed by atoms with van der Waals surface area (Å²) in [6, 6.07) is 19.7. The third-order valence-electron chi connectivity index (χ3n) is 4.56. The molecule has 0 aromatic heterocycles. The smallest absolute Gasteiger partial charge is 0.264 e. The van der Waals surface area contributed by atoms with Crippen LogP contribution in [0.4, 0.5) is 5.69 Å². The van der Waals surface area contributed by atoms with E-state index in [4.69, 9.17) is 9.47 Å². The van der Waals surface area contributed by atoms with Crippen LogP contribution in [0.2, 0.25) is 0 Å². The van der Waals surface area contributed by atoms with Crippen LogP contribution in [0.1, 0.15) is 5.56 Å². The van der Waals surface area contributed by atoms with Crippen molar-refractivity contribution in [3.63, 3.8) is 0 Å². The minimum Gasteiger partial charge on any atom is -0.497 e. The Balaban J connectivity index is 1.82. The van der Waals surface area contributed by atoms with Crippen molar-refractivity contribution in [2.45, 2.75) is 4.90 Å². The number of hydrazone groups is 1. The minimum atomic E-state index is -4.03. The maximum absolute atomic E-state index is 13.3. The summed E-state index contributed by atoms with van der Waals surface area (Å²) in [5, 5.41) is 3.95. The van der Waals surface area contributed by atoms with Crippen molar-refractivity contribution >= 4 is 43.8 Å². The lowest BCUT2D eigenvalue weighted by Crippen LogP contribution is -2.39. The van der Waals surface area contributed by atoms with Gasteiger partial charge in [-0.1, -0.05) is 34.1 Å². The lowest BCUT2D eigenvalue weighted by molar-refractivity contribution is -0.119. The molecule has 172 valence electrons. The molecule has 0 aliphatic carbocycles. The third-order valence-corrected chi connectivity index (χ3v) is 6.84. The molecule has 10 heteroatoms. The van der Waals surface area contributed by atoms with Crippen molar-refractivity contribution in [1.82, 2.24) is 5.43 Å². The van der Waals surface area contributed by atoms with Gasteiger partial charge in [0.05, 0.1) is 31.0 Å². The Labute approximate surface area is 201 Å². The molecule has 3 rings (SSSR count). The summed E-state index contributed by atoms with van der Waals surface area (Å²) in [6.07, 6.45) is 1.42. The molecule has 1 N–H and O–H groups in total. The number of anilines is 1. The van der Waals surface area contributed by atoms with E-state index in [2.05, 4.69) is 26.5 Å². The zero-order valence-electron chi connectivity index (χ0n) is 17.9. The molecular weight excluding hydrogens is 510 g/mol. The minimum absolute atomic E-state index is 0.0299. The first kappa shape index (κ1) is 24.3. The average molecular weight is 532 g/mol. The summed E-state index contributed by atoms with van der Waals surface area (Å²) >= 11 is 3.37. The number of hydrogen-bond acceptors (Lipinski definition) is 6. The lowest BCUT2D eigenvalue weighted by Gasteiger charge is -2.23. The van der Waals surface area contributed by atoms with Crippen LogP contribution in [0.15, 0.2) is 87.3 Å². The van der Waals surface area contributed by atoms with Crippen LogP contribution in [-0.2, 0) is 14.8 Å². The molecule has 0 atom stereocenters. The molecule has 0 aliphatic rings. The van der Waals surface area contributed by atoms with Crippen LogP contribution >= 0.6 is 15.9 Å². The first-order valence-corrected chi connectivity index (χ1v) is 12.0. The topological polar surface area (TPSA) is 97.3 Å². The van der Waals surface area contributed by atoms with Crippen LogP contribution in [0.25, 0.3) is 0 Å². The summed E-state index contributed by atoms with van der Waals surface area (Å²) in [4.78, 5) is 12.7. The highest BCUT2D eigenvalue weighted by Crippen LogP contribution is 2.25. The van der Waals surface area contributed by atoms with E-state index in [1.54, 1.807) is 54.6 Å². The maximum Gasteiger partial charge on any atom is 0.264 e. The van der Waals surface area contributed by atoms with Gasteiger partial charge in [-0.05, 0) is 54.6 Å². The first-order chi connectivity index (χ1) is 15.8. The molecule has 0 bridgehead atoms. The first-order valence-electron chi connectivity index (χ1n) is 9.72. The fourth-order valence-electron chi connectivity index (χ4n) is 2.93. The fraction of sp³-hybridized carbons (Fsp3) is 0.130. The largest absolute Gasteiger partial charge is 0.497 e. The number of carbonyl (C=O) groups is 1. The molecular formula is C23H22BrN3O5S.